The predicted molar refractivity (Wildman–Crippen MR) is 60.5 cm³/mol. The monoisotopic (exact) mass is 207 g/mol. The Labute approximate surface area is 90.7 Å². The van der Waals surface area contributed by atoms with Crippen molar-refractivity contribution in [3.63, 3.8) is 0 Å². The van der Waals surface area contributed by atoms with E-state index in [9.17, 15) is 4.39 Å². The molecular weight excluding hydrogens is 189 g/mol. The lowest BCUT2D eigenvalue weighted by Gasteiger charge is -2.12. The number of benzene rings is 1. The van der Waals surface area contributed by atoms with Crippen molar-refractivity contribution in [1.29, 1.82) is 0 Å². The summed E-state index contributed by atoms with van der Waals surface area (Å²) in [5.41, 5.74) is 1.23. The Hall–Kier alpha value is -0.890. The molecular formula is C13H18FN. The molecule has 1 aliphatic carbocycles. The zero-order valence-corrected chi connectivity index (χ0v) is 9.17. The first-order valence-electron chi connectivity index (χ1n) is 5.74. The van der Waals surface area contributed by atoms with Crippen LogP contribution in [-0.4, -0.2) is 12.6 Å². The minimum Gasteiger partial charge on any atom is -0.314 e. The van der Waals surface area contributed by atoms with Gasteiger partial charge in [-0.25, -0.2) is 4.39 Å². The van der Waals surface area contributed by atoms with Gasteiger partial charge in [-0.2, -0.15) is 0 Å². The van der Waals surface area contributed by atoms with Crippen LogP contribution in [0.1, 0.15) is 37.7 Å². The van der Waals surface area contributed by atoms with Crippen LogP contribution in [-0.2, 0) is 0 Å². The summed E-state index contributed by atoms with van der Waals surface area (Å²) < 4.78 is 12.7. The standard InChI is InChI=1S/C13H18FN/c1-10(8-9-15-13-6-7-13)11-2-4-12(14)5-3-11/h2-5,10,13,15H,6-9H2,1H3. The molecule has 82 valence electrons. The third kappa shape index (κ3) is 3.31. The average Bonchev–Trinajstić information content (AvgIpc) is 3.02. The minimum absolute atomic E-state index is 0.151. The van der Waals surface area contributed by atoms with Gasteiger partial charge < -0.3 is 5.32 Å². The molecule has 1 nitrogen and oxygen atoms in total. The predicted octanol–water partition coefficient (Wildman–Crippen LogP) is 3.07. The third-order valence-electron chi connectivity index (χ3n) is 3.03. The number of rotatable bonds is 5. The highest BCUT2D eigenvalue weighted by Gasteiger charge is 2.20. The first-order chi connectivity index (χ1) is 7.25. The lowest BCUT2D eigenvalue weighted by Crippen LogP contribution is -2.18. The first-order valence-corrected chi connectivity index (χ1v) is 5.74. The van der Waals surface area contributed by atoms with E-state index in [1.807, 2.05) is 12.1 Å². The van der Waals surface area contributed by atoms with Crippen molar-refractivity contribution < 1.29 is 4.39 Å². The number of hydrogen-bond acceptors (Lipinski definition) is 1. The molecule has 0 aliphatic heterocycles. The summed E-state index contributed by atoms with van der Waals surface area (Å²) in [7, 11) is 0. The van der Waals surface area contributed by atoms with Crippen LogP contribution in [0.5, 0.6) is 0 Å². The maximum Gasteiger partial charge on any atom is 0.123 e. The zero-order chi connectivity index (χ0) is 10.7. The van der Waals surface area contributed by atoms with E-state index in [0.29, 0.717) is 5.92 Å². The van der Waals surface area contributed by atoms with Crippen LogP contribution >= 0.6 is 0 Å². The Balaban J connectivity index is 1.78. The number of nitrogens with one attached hydrogen (secondary N) is 1. The van der Waals surface area contributed by atoms with Crippen molar-refractivity contribution in [1.82, 2.24) is 5.32 Å². The molecule has 2 heteroatoms. The summed E-state index contributed by atoms with van der Waals surface area (Å²) in [4.78, 5) is 0. The number of hydrogen-bond donors (Lipinski definition) is 1. The maximum atomic E-state index is 12.7. The third-order valence-corrected chi connectivity index (χ3v) is 3.03. The Morgan fingerprint density at radius 2 is 2.00 bits per heavy atom. The Morgan fingerprint density at radius 3 is 2.60 bits per heavy atom. The van der Waals surface area contributed by atoms with Crippen LogP contribution in [0.25, 0.3) is 0 Å². The maximum absolute atomic E-state index is 12.7. The Morgan fingerprint density at radius 1 is 1.33 bits per heavy atom. The molecule has 1 atom stereocenters. The van der Waals surface area contributed by atoms with Crippen LogP contribution in [0.15, 0.2) is 24.3 Å². The van der Waals surface area contributed by atoms with E-state index < -0.39 is 0 Å². The van der Waals surface area contributed by atoms with Gasteiger partial charge in [0.05, 0.1) is 0 Å². The van der Waals surface area contributed by atoms with Crippen molar-refractivity contribution in [3.05, 3.63) is 35.6 Å². The second-order valence-corrected chi connectivity index (χ2v) is 4.47. The molecule has 0 aromatic heterocycles. The largest absolute Gasteiger partial charge is 0.314 e. The van der Waals surface area contributed by atoms with Crippen molar-refractivity contribution in [2.24, 2.45) is 0 Å². The van der Waals surface area contributed by atoms with Gasteiger partial charge in [0.2, 0.25) is 0 Å². The summed E-state index contributed by atoms with van der Waals surface area (Å²) in [5.74, 6) is 0.360. The summed E-state index contributed by atoms with van der Waals surface area (Å²) in [6.45, 7) is 3.27. The summed E-state index contributed by atoms with van der Waals surface area (Å²) in [5, 5.41) is 3.49. The molecule has 0 saturated heterocycles. The smallest absolute Gasteiger partial charge is 0.123 e. The molecule has 1 aliphatic rings. The van der Waals surface area contributed by atoms with Crippen LogP contribution < -0.4 is 5.32 Å². The minimum atomic E-state index is -0.151. The molecule has 15 heavy (non-hydrogen) atoms. The SMILES string of the molecule is CC(CCNC1CC1)c1ccc(F)cc1. The zero-order valence-electron chi connectivity index (χ0n) is 9.17. The van der Waals surface area contributed by atoms with E-state index in [4.69, 9.17) is 0 Å². The fourth-order valence-electron chi connectivity index (χ4n) is 1.75. The van der Waals surface area contributed by atoms with E-state index in [0.717, 1.165) is 19.0 Å². The van der Waals surface area contributed by atoms with Gasteiger partial charge in [0, 0.05) is 6.04 Å². The van der Waals surface area contributed by atoms with Gasteiger partial charge in [0.15, 0.2) is 0 Å². The fraction of sp³-hybridized carbons (Fsp3) is 0.538. The van der Waals surface area contributed by atoms with Gasteiger partial charge in [0.1, 0.15) is 5.82 Å². The van der Waals surface area contributed by atoms with E-state index >= 15 is 0 Å². The fourth-order valence-corrected chi connectivity index (χ4v) is 1.75. The van der Waals surface area contributed by atoms with E-state index in [1.54, 1.807) is 12.1 Å². The van der Waals surface area contributed by atoms with Crippen molar-refractivity contribution in [2.75, 3.05) is 6.54 Å². The normalized spacial score (nSPS) is 17.7. The topological polar surface area (TPSA) is 12.0 Å². The molecule has 0 heterocycles. The van der Waals surface area contributed by atoms with E-state index in [-0.39, 0.29) is 5.82 Å². The van der Waals surface area contributed by atoms with Crippen LogP contribution in [0, 0.1) is 5.82 Å². The van der Waals surface area contributed by atoms with E-state index in [2.05, 4.69) is 12.2 Å². The molecule has 1 saturated carbocycles. The van der Waals surface area contributed by atoms with E-state index in [1.165, 1.54) is 18.4 Å². The highest BCUT2D eigenvalue weighted by atomic mass is 19.1. The molecule has 0 amide bonds. The lowest BCUT2D eigenvalue weighted by molar-refractivity contribution is 0.589. The van der Waals surface area contributed by atoms with Crippen LogP contribution in [0.4, 0.5) is 4.39 Å². The van der Waals surface area contributed by atoms with Crippen molar-refractivity contribution in [2.45, 2.75) is 38.1 Å². The van der Waals surface area contributed by atoms with Crippen LogP contribution in [0.3, 0.4) is 0 Å². The van der Waals surface area contributed by atoms with Gasteiger partial charge in [-0.3, -0.25) is 0 Å². The average molecular weight is 207 g/mol. The molecule has 1 aromatic carbocycles. The highest BCUT2D eigenvalue weighted by Crippen LogP contribution is 2.21. The summed E-state index contributed by atoms with van der Waals surface area (Å²) in [6, 6.07) is 7.64. The molecule has 1 fully saturated rings. The van der Waals surface area contributed by atoms with Gasteiger partial charge >= 0.3 is 0 Å². The second-order valence-electron chi connectivity index (χ2n) is 4.47. The van der Waals surface area contributed by atoms with Gasteiger partial charge in [-0.15, -0.1) is 0 Å². The molecule has 0 bridgehead atoms. The molecule has 0 spiro atoms. The molecule has 1 N–H and O–H groups in total. The van der Waals surface area contributed by atoms with Crippen molar-refractivity contribution >= 4 is 0 Å². The second kappa shape index (κ2) is 4.75. The number of halogens is 1. The summed E-state index contributed by atoms with van der Waals surface area (Å²) >= 11 is 0. The lowest BCUT2D eigenvalue weighted by atomic mass is 9.98. The molecule has 1 aromatic rings. The van der Waals surface area contributed by atoms with Gasteiger partial charge in [-0.1, -0.05) is 19.1 Å². The van der Waals surface area contributed by atoms with Gasteiger partial charge in [0.25, 0.3) is 0 Å². The molecule has 1 unspecified atom stereocenters. The Bertz CT molecular complexity index is 303. The summed E-state index contributed by atoms with van der Waals surface area (Å²) in [6.07, 6.45) is 3.80. The quantitative estimate of drug-likeness (QED) is 0.782. The Kier molecular flexibility index (Phi) is 3.37. The highest BCUT2D eigenvalue weighted by molar-refractivity contribution is 5.19. The van der Waals surface area contributed by atoms with Crippen LogP contribution in [0.2, 0.25) is 0 Å². The van der Waals surface area contributed by atoms with Gasteiger partial charge in [-0.05, 0) is 49.4 Å². The first kappa shape index (κ1) is 10.6. The molecule has 2 rings (SSSR count). The molecule has 0 radical (unpaired) electrons. The van der Waals surface area contributed by atoms with Crippen molar-refractivity contribution in [3.8, 4) is 0 Å².